The van der Waals surface area contributed by atoms with Gasteiger partial charge in [0.05, 0.1) is 16.3 Å². The molecule has 0 saturated carbocycles. The first-order chi connectivity index (χ1) is 7.66. The smallest absolute Gasteiger partial charge is 0.265 e. The highest BCUT2D eigenvalue weighted by molar-refractivity contribution is 7.12. The van der Waals surface area contributed by atoms with E-state index in [1.807, 2.05) is 11.4 Å². The van der Waals surface area contributed by atoms with E-state index in [0.29, 0.717) is 21.4 Å². The van der Waals surface area contributed by atoms with Crippen LogP contribution in [0.2, 0.25) is 5.15 Å². The van der Waals surface area contributed by atoms with Crippen molar-refractivity contribution >= 4 is 34.5 Å². The number of amides is 1. The Kier molecular flexibility index (Phi) is 3.22. The Balaban J connectivity index is 2.18. The summed E-state index contributed by atoms with van der Waals surface area (Å²) in [5, 5.41) is 5.08. The van der Waals surface area contributed by atoms with Crippen LogP contribution in [-0.4, -0.2) is 10.9 Å². The number of hydrogen-bond acceptors (Lipinski definition) is 3. The molecular formula is C11H9ClN2OS. The van der Waals surface area contributed by atoms with Crippen LogP contribution in [0.3, 0.4) is 0 Å². The number of aryl methyl sites for hydroxylation is 1. The monoisotopic (exact) mass is 252 g/mol. The molecule has 2 aromatic rings. The van der Waals surface area contributed by atoms with Gasteiger partial charge in [-0.15, -0.1) is 11.3 Å². The largest absolute Gasteiger partial charge is 0.320 e. The third kappa shape index (κ3) is 2.40. The Morgan fingerprint density at radius 2 is 2.25 bits per heavy atom. The summed E-state index contributed by atoms with van der Waals surface area (Å²) in [6, 6.07) is 7.01. The van der Waals surface area contributed by atoms with Gasteiger partial charge in [0.2, 0.25) is 0 Å². The van der Waals surface area contributed by atoms with Gasteiger partial charge < -0.3 is 5.32 Å². The van der Waals surface area contributed by atoms with Gasteiger partial charge in [-0.3, -0.25) is 4.79 Å². The molecule has 0 aliphatic carbocycles. The maximum absolute atomic E-state index is 11.8. The van der Waals surface area contributed by atoms with E-state index in [-0.39, 0.29) is 5.91 Å². The summed E-state index contributed by atoms with van der Waals surface area (Å²) in [5.41, 5.74) is 1.39. The topological polar surface area (TPSA) is 42.0 Å². The van der Waals surface area contributed by atoms with Gasteiger partial charge in [0, 0.05) is 0 Å². The summed E-state index contributed by atoms with van der Waals surface area (Å²) in [6.07, 6.45) is 0. The number of thiophene rings is 1. The normalized spacial score (nSPS) is 10.1. The van der Waals surface area contributed by atoms with Crippen molar-refractivity contribution in [3.05, 3.63) is 45.4 Å². The molecule has 1 amide bonds. The van der Waals surface area contributed by atoms with Gasteiger partial charge in [0.1, 0.15) is 5.15 Å². The van der Waals surface area contributed by atoms with Gasteiger partial charge in [0.15, 0.2) is 0 Å². The van der Waals surface area contributed by atoms with Gasteiger partial charge in [-0.2, -0.15) is 0 Å². The van der Waals surface area contributed by atoms with Gasteiger partial charge >= 0.3 is 0 Å². The van der Waals surface area contributed by atoms with Crippen molar-refractivity contribution in [2.45, 2.75) is 6.92 Å². The molecule has 2 rings (SSSR count). The number of pyridine rings is 1. The Morgan fingerprint density at radius 3 is 2.88 bits per heavy atom. The van der Waals surface area contributed by atoms with E-state index in [1.165, 1.54) is 11.3 Å². The molecular weight excluding hydrogens is 244 g/mol. The van der Waals surface area contributed by atoms with Crippen molar-refractivity contribution in [1.29, 1.82) is 0 Å². The Labute approximate surface area is 102 Å². The number of nitrogens with one attached hydrogen (secondary N) is 1. The molecule has 16 heavy (non-hydrogen) atoms. The van der Waals surface area contributed by atoms with Crippen LogP contribution < -0.4 is 5.32 Å². The number of aromatic nitrogens is 1. The van der Waals surface area contributed by atoms with Crippen LogP contribution in [0, 0.1) is 6.92 Å². The van der Waals surface area contributed by atoms with Gasteiger partial charge in [0.25, 0.3) is 5.91 Å². The highest BCUT2D eigenvalue weighted by atomic mass is 35.5. The molecule has 1 N–H and O–H groups in total. The Hall–Kier alpha value is -1.39. The average Bonchev–Trinajstić information content (AvgIpc) is 2.75. The van der Waals surface area contributed by atoms with Crippen LogP contribution in [-0.2, 0) is 0 Å². The van der Waals surface area contributed by atoms with Crippen LogP contribution in [0.25, 0.3) is 0 Å². The zero-order valence-electron chi connectivity index (χ0n) is 8.53. The van der Waals surface area contributed by atoms with Crippen molar-refractivity contribution in [1.82, 2.24) is 4.98 Å². The first kappa shape index (κ1) is 11.1. The van der Waals surface area contributed by atoms with E-state index in [2.05, 4.69) is 10.3 Å². The molecule has 0 aromatic carbocycles. The second kappa shape index (κ2) is 4.63. The van der Waals surface area contributed by atoms with Crippen LogP contribution in [0.5, 0.6) is 0 Å². The van der Waals surface area contributed by atoms with E-state index in [0.717, 1.165) is 0 Å². The van der Waals surface area contributed by atoms with Crippen molar-refractivity contribution in [3.63, 3.8) is 0 Å². The predicted molar refractivity (Wildman–Crippen MR) is 66.3 cm³/mol. The lowest BCUT2D eigenvalue weighted by Crippen LogP contribution is -2.11. The SMILES string of the molecule is Cc1nc(Cl)ccc1NC(=O)c1cccs1. The summed E-state index contributed by atoms with van der Waals surface area (Å²) < 4.78 is 0. The summed E-state index contributed by atoms with van der Waals surface area (Å²) in [6.45, 7) is 1.80. The molecule has 0 aliphatic heterocycles. The minimum Gasteiger partial charge on any atom is -0.320 e. The predicted octanol–water partition coefficient (Wildman–Crippen LogP) is 3.36. The second-order valence-corrected chi connectivity index (χ2v) is 4.53. The molecule has 82 valence electrons. The quantitative estimate of drug-likeness (QED) is 0.833. The van der Waals surface area contributed by atoms with Gasteiger partial charge in [-0.25, -0.2) is 4.98 Å². The van der Waals surface area contributed by atoms with E-state index in [9.17, 15) is 4.79 Å². The minimum atomic E-state index is -0.123. The molecule has 3 nitrogen and oxygen atoms in total. The molecule has 2 aromatic heterocycles. The minimum absolute atomic E-state index is 0.123. The fraction of sp³-hybridized carbons (Fsp3) is 0.0909. The lowest BCUT2D eigenvalue weighted by molar-refractivity contribution is 0.103. The van der Waals surface area contributed by atoms with Crippen molar-refractivity contribution < 1.29 is 4.79 Å². The van der Waals surface area contributed by atoms with E-state index >= 15 is 0 Å². The molecule has 5 heteroatoms. The third-order valence-corrected chi connectivity index (χ3v) is 3.12. The van der Waals surface area contributed by atoms with Crippen LogP contribution in [0.15, 0.2) is 29.6 Å². The molecule has 0 spiro atoms. The number of nitrogens with zero attached hydrogens (tertiary/aromatic N) is 1. The number of carbonyl (C=O) groups excluding carboxylic acids is 1. The Bertz CT molecular complexity index is 511. The summed E-state index contributed by atoms with van der Waals surface area (Å²) in [7, 11) is 0. The van der Waals surface area contributed by atoms with Crippen molar-refractivity contribution in [3.8, 4) is 0 Å². The first-order valence-corrected chi connectivity index (χ1v) is 5.90. The van der Waals surface area contributed by atoms with E-state index in [4.69, 9.17) is 11.6 Å². The standard InChI is InChI=1S/C11H9ClN2OS/c1-7-8(4-5-10(12)13-7)14-11(15)9-3-2-6-16-9/h2-6H,1H3,(H,14,15). The average molecular weight is 253 g/mol. The van der Waals surface area contributed by atoms with Crippen molar-refractivity contribution in [2.75, 3.05) is 5.32 Å². The highest BCUT2D eigenvalue weighted by Crippen LogP contribution is 2.17. The van der Waals surface area contributed by atoms with Crippen LogP contribution in [0.1, 0.15) is 15.4 Å². The maximum atomic E-state index is 11.8. The number of hydrogen-bond donors (Lipinski definition) is 1. The zero-order valence-corrected chi connectivity index (χ0v) is 10.1. The molecule has 2 heterocycles. The number of rotatable bonds is 2. The molecule has 0 fully saturated rings. The van der Waals surface area contributed by atoms with Crippen LogP contribution in [0.4, 0.5) is 5.69 Å². The summed E-state index contributed by atoms with van der Waals surface area (Å²) in [4.78, 5) is 16.5. The summed E-state index contributed by atoms with van der Waals surface area (Å²) in [5.74, 6) is -0.123. The summed E-state index contributed by atoms with van der Waals surface area (Å²) >= 11 is 7.13. The highest BCUT2D eigenvalue weighted by Gasteiger charge is 2.08. The second-order valence-electron chi connectivity index (χ2n) is 3.20. The fourth-order valence-electron chi connectivity index (χ4n) is 1.25. The van der Waals surface area contributed by atoms with Gasteiger partial charge in [-0.05, 0) is 30.5 Å². The molecule has 0 unspecified atom stereocenters. The maximum Gasteiger partial charge on any atom is 0.265 e. The molecule has 0 saturated heterocycles. The third-order valence-electron chi connectivity index (χ3n) is 2.04. The molecule has 0 aliphatic rings. The van der Waals surface area contributed by atoms with E-state index < -0.39 is 0 Å². The van der Waals surface area contributed by atoms with E-state index in [1.54, 1.807) is 25.1 Å². The number of carbonyl (C=O) groups is 1. The molecule has 0 atom stereocenters. The first-order valence-electron chi connectivity index (χ1n) is 4.65. The van der Waals surface area contributed by atoms with Crippen LogP contribution >= 0.6 is 22.9 Å². The number of anilines is 1. The zero-order chi connectivity index (χ0) is 11.5. The van der Waals surface area contributed by atoms with Gasteiger partial charge in [-0.1, -0.05) is 17.7 Å². The lowest BCUT2D eigenvalue weighted by atomic mass is 10.3. The van der Waals surface area contributed by atoms with Crippen molar-refractivity contribution in [2.24, 2.45) is 0 Å². The molecule has 0 radical (unpaired) electrons. The lowest BCUT2D eigenvalue weighted by Gasteiger charge is -2.06. The Morgan fingerprint density at radius 1 is 1.44 bits per heavy atom. The fourth-order valence-corrected chi connectivity index (χ4v) is 2.06. The molecule has 0 bridgehead atoms. The number of halogens is 1.